The van der Waals surface area contributed by atoms with E-state index >= 15 is 0 Å². The Morgan fingerprint density at radius 1 is 0.387 bits per heavy atom. The van der Waals surface area contributed by atoms with Crippen LogP contribution in [0.2, 0.25) is 0 Å². The second-order valence-corrected chi connectivity index (χ2v) is 32.2. The van der Waals surface area contributed by atoms with Gasteiger partial charge in [0.1, 0.15) is 28.7 Å². The van der Waals surface area contributed by atoms with E-state index < -0.39 is 0 Å². The highest BCUT2D eigenvalue weighted by Crippen LogP contribution is 2.27. The number of aromatic hydroxyl groups is 1. The molecule has 9 rings (SSSR count). The Bertz CT molecular complexity index is 3970. The fourth-order valence-corrected chi connectivity index (χ4v) is 14.5. The molecule has 0 spiro atoms. The first-order chi connectivity index (χ1) is 57.8. The van der Waals surface area contributed by atoms with Crippen LogP contribution in [-0.2, 0) is 6.42 Å². The predicted octanol–water partition coefficient (Wildman–Crippen LogP) is 23.5. The summed E-state index contributed by atoms with van der Waals surface area (Å²) in [5.41, 5.74) is 15.8. The van der Waals surface area contributed by atoms with Crippen LogP contribution in [0.1, 0.15) is 282 Å². The molecule has 4 amide bonds. The van der Waals surface area contributed by atoms with Gasteiger partial charge >= 0.3 is 0 Å². The highest BCUT2D eigenvalue weighted by atomic mass is 127. The van der Waals surface area contributed by atoms with Gasteiger partial charge in [0.25, 0.3) is 23.6 Å². The number of nitrogens with zero attached hydrogens (tertiary/aromatic N) is 2. The van der Waals surface area contributed by atoms with Crippen molar-refractivity contribution in [3.63, 3.8) is 0 Å². The number of halogens is 2. The molecule has 2 aliphatic rings. The molecular formula is C102H142I2N4O11. The standard InChI is InChI=1S/C25H27NO3.C17H29NO.C17H25NO.C14H21IO.C11H7NO2.C10H22O.C6H5IO.C2H6O/c1-3-9-20(10-4-2)18-29-21-13-7-11-19(17-21)12-8-16-26-24(27)22-14-5-6-15-23(22)25(26)28;2*1-3-7-16(8-4-2)14-19-17-11-5-9-15(13-17)10-6-12-18;1-3-6-12(7-4-2)11-16-14-9-5-8-13(15)10-14;1-2-7-12-10(13)8-5-3-4-6-9(8)11(12)14;1-3-5-6-8-10(9-11)7-4-2;7-5-2-1-3-6(8)4-5;1-2-3/h5-7,11,13-15,17,20H,3-4,9-10,16,18H2,1-2H3;5,9,11,13,16H,3-4,6-8,10,12,14,18H2,1-2H3;5,9,11,13,16H,3-4,7-8,12,14,18H2,1-2H3;5,8-10,12H,3-4,6-7,11H2,1-2H3;1,3-6H,7H2;10-11H,3-9H2,1-2H3;1-4,8H;3H,2H2,1H3. The summed E-state index contributed by atoms with van der Waals surface area (Å²) in [4.78, 5) is 50.2. The molecule has 1 unspecified atom stereocenters. The maximum Gasteiger partial charge on any atom is 0.262 e. The van der Waals surface area contributed by atoms with Crippen molar-refractivity contribution in [3.05, 3.63) is 216 Å². The number of aliphatic hydroxyl groups excluding tert-OH is 2. The Hall–Kier alpha value is -8.20. The quantitative estimate of drug-likeness (QED) is 0.0104. The predicted molar refractivity (Wildman–Crippen MR) is 510 cm³/mol. The number of carbonyl (C=O) groups is 4. The van der Waals surface area contributed by atoms with Gasteiger partial charge in [0.15, 0.2) is 0 Å². The second kappa shape index (κ2) is 68.4. The lowest BCUT2D eigenvalue weighted by Crippen LogP contribution is -2.29. The third-order valence-corrected chi connectivity index (χ3v) is 20.7. The van der Waals surface area contributed by atoms with Gasteiger partial charge in [0, 0.05) is 31.5 Å². The van der Waals surface area contributed by atoms with Gasteiger partial charge in [-0.25, -0.2) is 0 Å². The van der Waals surface area contributed by atoms with Crippen LogP contribution in [0.25, 0.3) is 0 Å². The molecule has 119 heavy (non-hydrogen) atoms. The van der Waals surface area contributed by atoms with Crippen molar-refractivity contribution in [1.82, 2.24) is 9.80 Å². The molecule has 7 N–H and O–H groups in total. The molecule has 17 heteroatoms. The number of terminal acetylenes is 1. The number of carbonyl (C=O) groups excluding carboxylic acids is 4. The minimum atomic E-state index is -0.302. The second-order valence-electron chi connectivity index (χ2n) is 29.7. The molecule has 0 aliphatic carbocycles. The largest absolute Gasteiger partial charge is 0.508 e. The zero-order valence-electron chi connectivity index (χ0n) is 73.6. The molecule has 0 aromatic heterocycles. The van der Waals surface area contributed by atoms with Gasteiger partial charge in [0.05, 0.1) is 68.3 Å². The molecule has 7 aromatic rings. The molecule has 15 nitrogen and oxygen atoms in total. The lowest BCUT2D eigenvalue weighted by Gasteiger charge is -2.16. The molecule has 1 atom stereocenters. The van der Waals surface area contributed by atoms with E-state index in [1.54, 1.807) is 67.6 Å². The van der Waals surface area contributed by atoms with Gasteiger partial charge in [-0.2, -0.15) is 0 Å². The number of phenols is 1. The number of rotatable bonds is 40. The smallest absolute Gasteiger partial charge is 0.262 e. The summed E-state index contributed by atoms with van der Waals surface area (Å²) in [6.07, 6.45) is 34.3. The Morgan fingerprint density at radius 2 is 0.731 bits per heavy atom. The van der Waals surface area contributed by atoms with Crippen molar-refractivity contribution in [2.75, 3.05) is 65.8 Å². The zero-order chi connectivity index (χ0) is 87.6. The van der Waals surface area contributed by atoms with E-state index in [2.05, 4.69) is 180 Å². The monoisotopic (exact) mass is 1850 g/mol. The van der Waals surface area contributed by atoms with Gasteiger partial charge in [-0.1, -0.05) is 237 Å². The first-order valence-corrected chi connectivity index (χ1v) is 45.9. The van der Waals surface area contributed by atoms with Crippen LogP contribution in [0.3, 0.4) is 0 Å². The first-order valence-electron chi connectivity index (χ1n) is 43.7. The highest BCUT2D eigenvalue weighted by Gasteiger charge is 2.35. The van der Waals surface area contributed by atoms with Crippen LogP contribution in [0.4, 0.5) is 0 Å². The van der Waals surface area contributed by atoms with Gasteiger partial charge < -0.3 is 45.7 Å². The molecule has 7 aromatic carbocycles. The number of hydrogen-bond acceptors (Lipinski definition) is 13. The van der Waals surface area contributed by atoms with Crippen molar-refractivity contribution in [3.8, 4) is 64.8 Å². The minimum absolute atomic E-state index is 0.0341. The van der Waals surface area contributed by atoms with Gasteiger partial charge in [-0.05, 0) is 280 Å². The van der Waals surface area contributed by atoms with Crippen LogP contribution in [-0.4, -0.2) is 115 Å². The number of nitrogens with two attached hydrogens (primary N) is 2. The molecule has 2 heterocycles. The van der Waals surface area contributed by atoms with E-state index in [9.17, 15) is 19.2 Å². The molecule has 650 valence electrons. The number of benzene rings is 7. The Morgan fingerprint density at radius 3 is 1.07 bits per heavy atom. The fourth-order valence-electron chi connectivity index (χ4n) is 13.5. The third kappa shape index (κ3) is 45.9. The molecular weight excluding hydrogens is 1710 g/mol. The average molecular weight is 1850 g/mol. The number of ether oxygens (including phenoxy) is 4. The van der Waals surface area contributed by atoms with Crippen molar-refractivity contribution in [2.45, 2.75) is 230 Å². The number of unbranched alkanes of at least 4 members (excludes halogenated alkanes) is 2. The van der Waals surface area contributed by atoms with E-state index in [4.69, 9.17) is 52.2 Å². The summed E-state index contributed by atoms with van der Waals surface area (Å²) in [5.74, 6) is 20.3. The number of hydrogen-bond donors (Lipinski definition) is 5. The lowest BCUT2D eigenvalue weighted by molar-refractivity contribution is 0.0659. The van der Waals surface area contributed by atoms with Crippen LogP contribution in [0.15, 0.2) is 170 Å². The zero-order valence-corrected chi connectivity index (χ0v) is 77.9. The van der Waals surface area contributed by atoms with E-state index in [0.717, 1.165) is 94.6 Å². The van der Waals surface area contributed by atoms with Crippen molar-refractivity contribution < 1.29 is 53.4 Å². The fraction of sp³-hybridized carbons (Fsp3) is 0.490. The number of aryl methyl sites for hydroxylation is 1. The third-order valence-electron chi connectivity index (χ3n) is 19.3. The van der Waals surface area contributed by atoms with Gasteiger partial charge in [-0.15, -0.1) is 6.42 Å². The van der Waals surface area contributed by atoms with Crippen LogP contribution >= 0.6 is 45.2 Å². The topological polar surface area (TPSA) is 224 Å². The van der Waals surface area contributed by atoms with Crippen LogP contribution in [0.5, 0.6) is 28.7 Å². The maximum absolute atomic E-state index is 12.4. The van der Waals surface area contributed by atoms with E-state index in [-0.39, 0.29) is 43.3 Å². The Labute approximate surface area is 744 Å². The molecule has 0 saturated carbocycles. The molecule has 0 radical (unpaired) electrons. The van der Waals surface area contributed by atoms with Crippen molar-refractivity contribution >= 4 is 68.8 Å². The summed E-state index contributed by atoms with van der Waals surface area (Å²) < 4.78 is 26.0. The van der Waals surface area contributed by atoms with Gasteiger partial charge in [-0.3, -0.25) is 29.0 Å². The van der Waals surface area contributed by atoms with E-state index in [1.165, 1.54) is 142 Å². The number of fused-ring (bicyclic) bond motifs is 2. The molecule has 0 saturated heterocycles. The first kappa shape index (κ1) is 107. The molecule has 2 aliphatic heterocycles. The summed E-state index contributed by atoms with van der Waals surface area (Å²) >= 11 is 4.46. The molecule has 0 fully saturated rings. The number of aliphatic hydroxyl groups is 2. The lowest BCUT2D eigenvalue weighted by atomic mass is 9.98. The number of imide groups is 2. The highest BCUT2D eigenvalue weighted by molar-refractivity contribution is 14.1. The van der Waals surface area contributed by atoms with Gasteiger partial charge in [0.2, 0.25) is 0 Å². The summed E-state index contributed by atoms with van der Waals surface area (Å²) in [7, 11) is 0. The maximum atomic E-state index is 12.4. The molecule has 0 bridgehead atoms. The number of phenolic OH excluding ortho intramolecular Hbond substituents is 1. The van der Waals surface area contributed by atoms with Crippen molar-refractivity contribution in [1.29, 1.82) is 0 Å². The summed E-state index contributed by atoms with van der Waals surface area (Å²) in [6, 6.07) is 53.0. The average Bonchev–Trinajstić information content (AvgIpc) is 1.65. The SMILES string of the molecule is C#CCN1C(=O)c2ccccc2C1=O.CCCC(CCC)COc1cccc(C#CCN)c1.CCCC(CCC)COc1cccc(C#CCN2C(=O)c3ccccc3C2=O)c1.CCCC(CCC)COc1cccc(CCCN)c1.CCCC(CCC)COc1cccc(I)c1.CCCCCC(CO)CCC.CCO.Oc1cccc(I)c1. The summed E-state index contributed by atoms with van der Waals surface area (Å²) in [5, 5.41) is 25.3. The van der Waals surface area contributed by atoms with Crippen molar-refractivity contribution in [2.24, 2.45) is 41.1 Å². The Kier molecular flexibility index (Phi) is 61.5. The summed E-state index contributed by atoms with van der Waals surface area (Å²) in [6.45, 7) is 29.0. The normalized spacial score (nSPS) is 11.6. The van der Waals surface area contributed by atoms with E-state index in [1.807, 2.05) is 72.8 Å². The van der Waals surface area contributed by atoms with Crippen LogP contribution in [0, 0.1) is 72.8 Å². The minimum Gasteiger partial charge on any atom is -0.508 e. The number of amides is 4. The van der Waals surface area contributed by atoms with E-state index in [0.29, 0.717) is 77.4 Å². The van der Waals surface area contributed by atoms with Crippen LogP contribution < -0.4 is 30.4 Å². The Balaban J connectivity index is 0.000000482.